The highest BCUT2D eigenvalue weighted by Crippen LogP contribution is 2.58. The van der Waals surface area contributed by atoms with Gasteiger partial charge in [0, 0.05) is 12.1 Å². The van der Waals surface area contributed by atoms with E-state index in [1.807, 2.05) is 6.92 Å². The first-order chi connectivity index (χ1) is 11.0. The molecule has 23 heavy (non-hydrogen) atoms. The average Bonchev–Trinajstić information content (AvgIpc) is 3.24. The van der Waals surface area contributed by atoms with Crippen LogP contribution in [0.4, 0.5) is 0 Å². The monoisotopic (exact) mass is 320 g/mol. The van der Waals surface area contributed by atoms with Gasteiger partial charge in [0.2, 0.25) is 5.91 Å². The van der Waals surface area contributed by atoms with E-state index in [2.05, 4.69) is 16.6 Å². The summed E-state index contributed by atoms with van der Waals surface area (Å²) in [4.78, 5) is 10.5. The molecule has 0 aromatic carbocycles. The van der Waals surface area contributed by atoms with Crippen LogP contribution in [0.5, 0.6) is 0 Å². The lowest BCUT2D eigenvalue weighted by atomic mass is 9.82. The van der Waals surface area contributed by atoms with E-state index >= 15 is 0 Å². The molecule has 0 aromatic heterocycles. The molecule has 0 radical (unpaired) electrons. The van der Waals surface area contributed by atoms with Crippen molar-refractivity contribution in [3.63, 3.8) is 0 Å². The molecular weight excluding hydrogens is 288 g/mol. The van der Waals surface area contributed by atoms with Crippen LogP contribution in [-0.4, -0.2) is 19.1 Å². The van der Waals surface area contributed by atoms with E-state index in [9.17, 15) is 4.79 Å². The fraction of sp³-hybridized carbons (Fsp3) is 0.789. The van der Waals surface area contributed by atoms with Crippen molar-refractivity contribution in [3.8, 4) is 6.26 Å². The van der Waals surface area contributed by atoms with Gasteiger partial charge in [-0.05, 0) is 76.5 Å². The molecule has 3 aliphatic rings. The van der Waals surface area contributed by atoms with Crippen molar-refractivity contribution in [2.75, 3.05) is 13.2 Å². The molecule has 130 valence electrons. The summed E-state index contributed by atoms with van der Waals surface area (Å²) in [6, 6.07) is 0. The zero-order chi connectivity index (χ0) is 17.2. The fourth-order valence-electron chi connectivity index (χ4n) is 4.39. The maximum Gasteiger partial charge on any atom is 0.286 e. The van der Waals surface area contributed by atoms with Crippen molar-refractivity contribution < 1.29 is 9.53 Å². The third-order valence-corrected chi connectivity index (χ3v) is 5.28. The minimum atomic E-state index is -0.0625. The molecule has 3 aliphatic carbocycles. The lowest BCUT2D eigenvalue weighted by Crippen LogP contribution is -2.22. The summed E-state index contributed by atoms with van der Waals surface area (Å²) in [6.07, 6.45) is 11.1. The van der Waals surface area contributed by atoms with Gasteiger partial charge >= 0.3 is 0 Å². The summed E-state index contributed by atoms with van der Waals surface area (Å²) < 4.78 is 4.14. The molecule has 4 unspecified atom stereocenters. The van der Waals surface area contributed by atoms with Gasteiger partial charge in [0.1, 0.15) is 0 Å². The third-order valence-electron chi connectivity index (χ3n) is 5.28. The highest BCUT2D eigenvalue weighted by molar-refractivity contribution is 5.91. The van der Waals surface area contributed by atoms with Crippen LogP contribution in [0.25, 0.3) is 0 Å². The number of amides is 1. The number of carbonyl (C=O) groups is 1. The quantitative estimate of drug-likeness (QED) is 0.630. The number of nitrogens with one attached hydrogen (secondary N) is 1. The smallest absolute Gasteiger partial charge is 0.286 e. The molecule has 0 aromatic rings. The summed E-state index contributed by atoms with van der Waals surface area (Å²) in [5.74, 6) is 4.74. The Hall–Kier alpha value is -1.50. The summed E-state index contributed by atoms with van der Waals surface area (Å²) in [7, 11) is 0. The molecule has 3 saturated carbocycles. The van der Waals surface area contributed by atoms with Crippen LogP contribution >= 0.6 is 0 Å². The van der Waals surface area contributed by atoms with Crippen molar-refractivity contribution >= 4 is 5.91 Å². The van der Waals surface area contributed by atoms with Gasteiger partial charge in [0.15, 0.2) is 0 Å². The lowest BCUT2D eigenvalue weighted by Gasteiger charge is -2.23. The van der Waals surface area contributed by atoms with Gasteiger partial charge in [-0.25, -0.2) is 0 Å². The van der Waals surface area contributed by atoms with Crippen LogP contribution in [0.3, 0.4) is 0 Å². The Morgan fingerprint density at radius 3 is 2.09 bits per heavy atom. The zero-order valence-electron chi connectivity index (χ0n) is 14.9. The molecule has 4 nitrogen and oxygen atoms in total. The number of hydrogen-bond acceptors (Lipinski definition) is 3. The number of ether oxygens (including phenoxy) is 1. The third kappa shape index (κ3) is 5.89. The van der Waals surface area contributed by atoms with E-state index < -0.39 is 0 Å². The van der Waals surface area contributed by atoms with Crippen molar-refractivity contribution in [2.45, 2.75) is 59.3 Å². The molecule has 1 amide bonds. The standard InChI is InChI=1S/C10H16.C6H11NO.C3H5NO/c1-2-9-7-4-5-8(6-7)10(9)3-1;1-4-7-6(8)5(2)3;1-2-5-3-4/h7-10H,1-6H2;2,4H2,1,3H3,(H,7,8);2H2,1H3. The Morgan fingerprint density at radius 1 is 1.22 bits per heavy atom. The number of hydrogen-bond donors (Lipinski definition) is 1. The second kappa shape index (κ2) is 10.3. The van der Waals surface area contributed by atoms with E-state index in [1.165, 1.54) is 29.9 Å². The van der Waals surface area contributed by atoms with Crippen LogP contribution in [0.1, 0.15) is 59.3 Å². The number of rotatable bonds is 3. The van der Waals surface area contributed by atoms with Gasteiger partial charge < -0.3 is 10.1 Å². The van der Waals surface area contributed by atoms with E-state index in [1.54, 1.807) is 52.4 Å². The SMILES string of the molecule is C1CC2C3CCC(C3)C2C1.C=C(C)C(=O)NCC.CCOC#N. The second-order valence-electron chi connectivity index (χ2n) is 6.76. The predicted octanol–water partition coefficient (Wildman–Crippen LogP) is 4.04. The zero-order valence-corrected chi connectivity index (χ0v) is 14.9. The van der Waals surface area contributed by atoms with Crippen molar-refractivity contribution in [2.24, 2.45) is 23.7 Å². The van der Waals surface area contributed by atoms with E-state index in [0.29, 0.717) is 18.7 Å². The minimum absolute atomic E-state index is 0.0625. The highest BCUT2D eigenvalue weighted by atomic mass is 16.5. The van der Waals surface area contributed by atoms with Crippen LogP contribution in [0.15, 0.2) is 12.2 Å². The Morgan fingerprint density at radius 2 is 1.78 bits per heavy atom. The molecule has 2 bridgehead atoms. The lowest BCUT2D eigenvalue weighted by molar-refractivity contribution is -0.117. The topological polar surface area (TPSA) is 62.1 Å². The van der Waals surface area contributed by atoms with Crippen molar-refractivity contribution in [3.05, 3.63) is 12.2 Å². The molecule has 4 atom stereocenters. The van der Waals surface area contributed by atoms with Gasteiger partial charge in [0.05, 0.1) is 6.61 Å². The second-order valence-corrected chi connectivity index (χ2v) is 6.76. The summed E-state index contributed by atoms with van der Waals surface area (Å²) >= 11 is 0. The number of carbonyl (C=O) groups excluding carboxylic acids is 1. The van der Waals surface area contributed by atoms with Crippen molar-refractivity contribution in [1.29, 1.82) is 5.26 Å². The van der Waals surface area contributed by atoms with Gasteiger partial charge in [0.25, 0.3) is 6.26 Å². The Kier molecular flexibility index (Phi) is 8.76. The van der Waals surface area contributed by atoms with Crippen LogP contribution in [-0.2, 0) is 9.53 Å². The summed E-state index contributed by atoms with van der Waals surface area (Å²) in [5, 5.41) is 10.2. The van der Waals surface area contributed by atoms with Crippen LogP contribution < -0.4 is 5.32 Å². The van der Waals surface area contributed by atoms with Crippen molar-refractivity contribution in [1.82, 2.24) is 5.32 Å². The maximum absolute atomic E-state index is 10.5. The molecule has 0 aliphatic heterocycles. The first-order valence-electron chi connectivity index (χ1n) is 8.99. The van der Waals surface area contributed by atoms with E-state index in [-0.39, 0.29) is 5.91 Å². The van der Waals surface area contributed by atoms with Crippen LogP contribution in [0, 0.1) is 35.2 Å². The number of nitrogens with zero attached hydrogens (tertiary/aromatic N) is 1. The summed E-state index contributed by atoms with van der Waals surface area (Å²) in [5.41, 5.74) is 0.562. The Balaban J connectivity index is 0.000000185. The molecular formula is C19H32N2O2. The van der Waals surface area contributed by atoms with Gasteiger partial charge in [-0.1, -0.05) is 13.0 Å². The first-order valence-corrected chi connectivity index (χ1v) is 8.99. The Labute approximate surface area is 141 Å². The molecule has 3 rings (SSSR count). The average molecular weight is 320 g/mol. The molecule has 3 fully saturated rings. The number of nitriles is 1. The molecule has 1 N–H and O–H groups in total. The van der Waals surface area contributed by atoms with Gasteiger partial charge in [-0.2, -0.15) is 5.26 Å². The van der Waals surface area contributed by atoms with Gasteiger partial charge in [-0.3, -0.25) is 4.79 Å². The largest absolute Gasteiger partial charge is 0.428 e. The molecule has 0 spiro atoms. The first kappa shape index (κ1) is 19.5. The van der Waals surface area contributed by atoms with E-state index in [4.69, 9.17) is 5.26 Å². The summed E-state index contributed by atoms with van der Waals surface area (Å²) in [6.45, 7) is 9.94. The normalized spacial score (nSPS) is 29.1. The molecule has 4 heteroatoms. The minimum Gasteiger partial charge on any atom is -0.428 e. The van der Waals surface area contributed by atoms with Gasteiger partial charge in [-0.15, -0.1) is 0 Å². The fourth-order valence-corrected chi connectivity index (χ4v) is 4.39. The molecule has 0 heterocycles. The van der Waals surface area contributed by atoms with Crippen LogP contribution in [0.2, 0.25) is 0 Å². The van der Waals surface area contributed by atoms with E-state index in [0.717, 1.165) is 0 Å². The molecule has 0 saturated heterocycles. The predicted molar refractivity (Wildman–Crippen MR) is 92.4 cm³/mol. The highest BCUT2D eigenvalue weighted by Gasteiger charge is 2.48. The number of fused-ring (bicyclic) bond motifs is 5. The maximum atomic E-state index is 10.5. The number of likely N-dealkylation sites (N-methyl/N-ethyl adjacent to an activating group) is 1. The Bertz CT molecular complexity index is 412.